The summed E-state index contributed by atoms with van der Waals surface area (Å²) in [5.74, 6) is 3.01. The van der Waals surface area contributed by atoms with Gasteiger partial charge in [0.05, 0.1) is 44.6 Å². The molecule has 0 aliphatic heterocycles. The van der Waals surface area contributed by atoms with Crippen molar-refractivity contribution in [1.29, 1.82) is 0 Å². The fraction of sp³-hybridized carbons (Fsp3) is 0.190. The number of furan rings is 2. The fourth-order valence-electron chi connectivity index (χ4n) is 2.92. The smallest absolute Gasteiger partial charge is 0.200 e. The Kier molecular flexibility index (Phi) is 5.89. The van der Waals surface area contributed by atoms with Crippen molar-refractivity contribution in [1.82, 2.24) is 14.8 Å². The van der Waals surface area contributed by atoms with Crippen molar-refractivity contribution in [3.05, 3.63) is 66.3 Å². The zero-order valence-corrected chi connectivity index (χ0v) is 17.2. The third-order valence-electron chi connectivity index (χ3n) is 4.39. The monoisotopic (exact) mass is 425 g/mol. The molecule has 4 aromatic rings. The molecule has 4 rings (SSSR count). The van der Waals surface area contributed by atoms with Crippen LogP contribution in [0.1, 0.15) is 16.1 Å². The van der Waals surface area contributed by atoms with E-state index in [2.05, 4.69) is 10.2 Å². The van der Waals surface area contributed by atoms with Gasteiger partial charge in [0.2, 0.25) is 5.82 Å². The minimum Gasteiger partial charge on any atom is -0.497 e. The lowest BCUT2D eigenvalue weighted by molar-refractivity contribution is 0.101. The molecule has 0 bridgehead atoms. The number of benzene rings is 1. The number of methoxy groups -OCH3 is 2. The minimum atomic E-state index is -0.108. The van der Waals surface area contributed by atoms with Crippen LogP contribution in [0.3, 0.4) is 0 Å². The zero-order chi connectivity index (χ0) is 20.9. The molecule has 3 heterocycles. The third kappa shape index (κ3) is 4.11. The Labute approximate surface area is 176 Å². The SMILES string of the molecule is COc1ccc(OC)c(C(=O)CSc2nnc(-c3ccco3)n2Cc2ccco2)c1. The highest BCUT2D eigenvalue weighted by atomic mass is 32.2. The number of ketones is 1. The number of thioether (sulfide) groups is 1. The van der Waals surface area contributed by atoms with Crippen molar-refractivity contribution in [2.45, 2.75) is 11.7 Å². The van der Waals surface area contributed by atoms with Gasteiger partial charge in [-0.05, 0) is 42.5 Å². The summed E-state index contributed by atoms with van der Waals surface area (Å²) in [5, 5.41) is 9.09. The quantitative estimate of drug-likeness (QED) is 0.291. The van der Waals surface area contributed by atoms with Crippen LogP contribution in [0.4, 0.5) is 0 Å². The highest BCUT2D eigenvalue weighted by Crippen LogP contribution is 2.29. The van der Waals surface area contributed by atoms with Crippen LogP contribution >= 0.6 is 11.8 Å². The van der Waals surface area contributed by atoms with E-state index in [1.54, 1.807) is 43.9 Å². The Balaban J connectivity index is 1.58. The summed E-state index contributed by atoms with van der Waals surface area (Å²) in [6.45, 7) is 0.412. The Morgan fingerprint density at radius 1 is 1.07 bits per heavy atom. The van der Waals surface area contributed by atoms with E-state index in [1.165, 1.54) is 18.9 Å². The first-order valence-corrected chi connectivity index (χ1v) is 10.1. The van der Waals surface area contributed by atoms with E-state index in [-0.39, 0.29) is 11.5 Å². The maximum atomic E-state index is 12.9. The molecule has 0 atom stereocenters. The molecule has 8 nitrogen and oxygen atoms in total. The number of carbonyl (C=O) groups is 1. The van der Waals surface area contributed by atoms with Crippen LogP contribution in [0.5, 0.6) is 11.5 Å². The minimum absolute atomic E-state index is 0.108. The molecule has 0 N–H and O–H groups in total. The molecule has 0 aliphatic rings. The van der Waals surface area contributed by atoms with Gasteiger partial charge < -0.3 is 18.3 Å². The highest BCUT2D eigenvalue weighted by molar-refractivity contribution is 7.99. The lowest BCUT2D eigenvalue weighted by Crippen LogP contribution is -2.08. The van der Waals surface area contributed by atoms with Crippen LogP contribution in [0.25, 0.3) is 11.6 Å². The predicted molar refractivity (Wildman–Crippen MR) is 110 cm³/mol. The van der Waals surface area contributed by atoms with Gasteiger partial charge in [-0.25, -0.2) is 0 Å². The molecule has 0 spiro atoms. The molecule has 0 saturated heterocycles. The molecular formula is C21H19N3O5S. The summed E-state index contributed by atoms with van der Waals surface area (Å²) in [5.41, 5.74) is 0.452. The van der Waals surface area contributed by atoms with E-state index in [0.717, 1.165) is 5.76 Å². The van der Waals surface area contributed by atoms with Crippen molar-refractivity contribution in [2.24, 2.45) is 0 Å². The molecule has 0 amide bonds. The van der Waals surface area contributed by atoms with Gasteiger partial charge in [0.1, 0.15) is 17.3 Å². The number of carbonyl (C=O) groups excluding carboxylic acids is 1. The van der Waals surface area contributed by atoms with E-state index in [4.69, 9.17) is 18.3 Å². The van der Waals surface area contributed by atoms with Crippen molar-refractivity contribution in [2.75, 3.05) is 20.0 Å². The number of hydrogen-bond acceptors (Lipinski definition) is 8. The van der Waals surface area contributed by atoms with Crippen LogP contribution in [0.2, 0.25) is 0 Å². The van der Waals surface area contributed by atoms with Gasteiger partial charge in [-0.15, -0.1) is 10.2 Å². The molecule has 1 aromatic carbocycles. The summed E-state index contributed by atoms with van der Waals surface area (Å²) >= 11 is 1.28. The van der Waals surface area contributed by atoms with E-state index in [1.807, 2.05) is 22.8 Å². The lowest BCUT2D eigenvalue weighted by atomic mass is 10.1. The van der Waals surface area contributed by atoms with Crippen molar-refractivity contribution in [3.63, 3.8) is 0 Å². The van der Waals surface area contributed by atoms with E-state index >= 15 is 0 Å². The molecule has 0 fully saturated rings. The van der Waals surface area contributed by atoms with Crippen molar-refractivity contribution < 1.29 is 23.1 Å². The van der Waals surface area contributed by atoms with Gasteiger partial charge in [-0.2, -0.15) is 0 Å². The summed E-state index contributed by atoms with van der Waals surface area (Å²) in [6, 6.07) is 12.4. The molecule has 30 heavy (non-hydrogen) atoms. The predicted octanol–water partition coefficient (Wildman–Crippen LogP) is 4.17. The number of Topliss-reactive ketones (excluding diaryl/α,β-unsaturated/α-hetero) is 1. The number of ether oxygens (including phenoxy) is 2. The first-order valence-electron chi connectivity index (χ1n) is 9.07. The standard InChI is InChI=1S/C21H19N3O5S/c1-26-14-7-8-18(27-2)16(11-14)17(25)13-30-21-23-22-20(19-6-4-10-29-19)24(21)12-15-5-3-9-28-15/h3-11H,12-13H2,1-2H3. The zero-order valence-electron chi connectivity index (χ0n) is 16.4. The largest absolute Gasteiger partial charge is 0.497 e. The van der Waals surface area contributed by atoms with Gasteiger partial charge >= 0.3 is 0 Å². The summed E-state index contributed by atoms with van der Waals surface area (Å²) < 4.78 is 23.4. The Hall–Kier alpha value is -3.46. The molecule has 0 aliphatic carbocycles. The van der Waals surface area contributed by atoms with E-state index in [9.17, 15) is 4.79 Å². The second kappa shape index (κ2) is 8.91. The van der Waals surface area contributed by atoms with Crippen molar-refractivity contribution >= 4 is 17.5 Å². The molecule has 9 heteroatoms. The number of nitrogens with zero attached hydrogens (tertiary/aromatic N) is 3. The third-order valence-corrected chi connectivity index (χ3v) is 5.36. The Morgan fingerprint density at radius 3 is 2.60 bits per heavy atom. The summed E-state index contributed by atoms with van der Waals surface area (Å²) in [7, 11) is 3.08. The first kappa shape index (κ1) is 19.8. The van der Waals surface area contributed by atoms with Crippen LogP contribution in [-0.4, -0.2) is 40.5 Å². The molecular weight excluding hydrogens is 406 g/mol. The fourth-order valence-corrected chi connectivity index (χ4v) is 3.75. The maximum Gasteiger partial charge on any atom is 0.200 e. The molecule has 3 aromatic heterocycles. The molecule has 0 saturated carbocycles. The van der Waals surface area contributed by atoms with Crippen LogP contribution < -0.4 is 9.47 Å². The number of rotatable bonds is 9. The second-order valence-corrected chi connectivity index (χ2v) is 7.17. The first-order chi connectivity index (χ1) is 14.7. The Bertz CT molecular complexity index is 1120. The average molecular weight is 425 g/mol. The van der Waals surface area contributed by atoms with Crippen LogP contribution in [0.15, 0.2) is 69.0 Å². The average Bonchev–Trinajstić information content (AvgIpc) is 3.54. The van der Waals surface area contributed by atoms with E-state index in [0.29, 0.717) is 40.3 Å². The molecule has 154 valence electrons. The van der Waals surface area contributed by atoms with Crippen molar-refractivity contribution in [3.8, 4) is 23.1 Å². The summed E-state index contributed by atoms with van der Waals surface area (Å²) in [4.78, 5) is 12.9. The number of hydrogen-bond donors (Lipinski definition) is 0. The topological polar surface area (TPSA) is 92.5 Å². The van der Waals surface area contributed by atoms with Gasteiger partial charge in [0.15, 0.2) is 16.7 Å². The van der Waals surface area contributed by atoms with E-state index < -0.39 is 0 Å². The van der Waals surface area contributed by atoms with Crippen LogP contribution in [0, 0.1) is 0 Å². The molecule has 0 radical (unpaired) electrons. The van der Waals surface area contributed by atoms with Gasteiger partial charge in [0.25, 0.3) is 0 Å². The normalized spacial score (nSPS) is 10.9. The second-order valence-electron chi connectivity index (χ2n) is 6.23. The number of aromatic nitrogens is 3. The lowest BCUT2D eigenvalue weighted by Gasteiger charge is -2.10. The van der Waals surface area contributed by atoms with Crippen LogP contribution in [-0.2, 0) is 6.54 Å². The summed E-state index contributed by atoms with van der Waals surface area (Å²) in [6.07, 6.45) is 3.18. The molecule has 0 unspecified atom stereocenters. The highest BCUT2D eigenvalue weighted by Gasteiger charge is 2.20. The Morgan fingerprint density at radius 2 is 1.90 bits per heavy atom. The van der Waals surface area contributed by atoms with Gasteiger partial charge in [-0.1, -0.05) is 11.8 Å². The maximum absolute atomic E-state index is 12.9. The van der Waals surface area contributed by atoms with Gasteiger partial charge in [0, 0.05) is 0 Å². The van der Waals surface area contributed by atoms with Gasteiger partial charge in [-0.3, -0.25) is 9.36 Å².